The minimum Gasteiger partial charge on any atom is -0.383 e. The van der Waals surface area contributed by atoms with E-state index in [0.717, 1.165) is 117 Å². The second-order valence-corrected chi connectivity index (χ2v) is 31.3. The topological polar surface area (TPSA) is 266 Å². The molecule has 5 aromatic rings. The van der Waals surface area contributed by atoms with Gasteiger partial charge in [-0.25, -0.2) is 0 Å². The smallest absolute Gasteiger partial charge is 0.253 e. The number of nitrogens with one attached hydrogen (secondary N) is 5. The van der Waals surface area contributed by atoms with E-state index in [2.05, 4.69) is 126 Å². The van der Waals surface area contributed by atoms with Gasteiger partial charge in [-0.05, 0) is 118 Å². The lowest BCUT2D eigenvalue weighted by Crippen LogP contribution is -2.47. The zero-order valence-electron chi connectivity index (χ0n) is 64.8. The van der Waals surface area contributed by atoms with Crippen LogP contribution in [-0.2, 0) is 20.3 Å². The molecule has 0 heterocycles. The number of likely N-dealkylation sites (N-methyl/N-ethyl adjacent to an activating group) is 3. The molecule has 552 valence electrons. The normalized spacial score (nSPS) is 12.0. The molecule has 0 aliphatic carbocycles. The van der Waals surface area contributed by atoms with Crippen LogP contribution in [-0.4, -0.2) is 150 Å². The molecule has 0 amide bonds. The predicted octanol–water partition coefficient (Wildman–Crippen LogP) is 9.02. The van der Waals surface area contributed by atoms with Crippen LogP contribution in [0.1, 0.15) is 207 Å². The highest BCUT2D eigenvalue weighted by molar-refractivity contribution is 5.75. The van der Waals surface area contributed by atoms with Crippen LogP contribution in [0, 0.1) is 16.2 Å². The van der Waals surface area contributed by atoms with Crippen molar-refractivity contribution in [1.29, 1.82) is 0 Å². The van der Waals surface area contributed by atoms with E-state index in [1.165, 1.54) is 0 Å². The predicted molar refractivity (Wildman–Crippen MR) is 411 cm³/mol. The van der Waals surface area contributed by atoms with Gasteiger partial charge in [-0.3, -0.25) is 47.9 Å². The van der Waals surface area contributed by atoms with Crippen molar-refractivity contribution in [2.45, 2.75) is 207 Å². The Morgan fingerprint density at radius 3 is 0.959 bits per heavy atom. The first-order valence-electron chi connectivity index (χ1n) is 35.4. The van der Waals surface area contributed by atoms with E-state index in [0.29, 0.717) is 119 Å². The van der Waals surface area contributed by atoms with Gasteiger partial charge in [0.25, 0.3) is 32.6 Å². The first-order valence-corrected chi connectivity index (χ1v) is 35.4. The second kappa shape index (κ2) is 41.3. The summed E-state index contributed by atoms with van der Waals surface area (Å²) in [6.45, 7) is 54.9. The van der Waals surface area contributed by atoms with Crippen LogP contribution in [0.15, 0.2) is 47.9 Å². The Morgan fingerprint density at radius 1 is 0.340 bits per heavy atom. The minimum atomic E-state index is -0.416. The van der Waals surface area contributed by atoms with Crippen molar-refractivity contribution in [3.05, 3.63) is 113 Å². The van der Waals surface area contributed by atoms with Gasteiger partial charge in [0.1, 0.15) is 34.1 Å². The third-order valence-corrected chi connectivity index (χ3v) is 16.3. The second-order valence-electron chi connectivity index (χ2n) is 31.3. The Labute approximate surface area is 580 Å². The summed E-state index contributed by atoms with van der Waals surface area (Å²) in [6, 6.07) is 0. The number of hydrogen-bond acceptors (Lipinski definition) is 22. The van der Waals surface area contributed by atoms with Crippen molar-refractivity contribution in [3.63, 3.8) is 0 Å². The zero-order valence-corrected chi connectivity index (χ0v) is 64.8. The van der Waals surface area contributed by atoms with E-state index >= 15 is 0 Å². The summed E-state index contributed by atoms with van der Waals surface area (Å²) in [4.78, 5) is 125. The maximum Gasteiger partial charge on any atom is 0.253 e. The molecule has 0 fully saturated rings. The van der Waals surface area contributed by atoms with Crippen molar-refractivity contribution >= 4 is 45.5 Å². The summed E-state index contributed by atoms with van der Waals surface area (Å²) < 4.78 is 11.4. The lowest BCUT2D eigenvalue weighted by Gasteiger charge is -2.29. The molecule has 22 nitrogen and oxygen atoms in total. The maximum atomic E-state index is 11.9. The molecular weight excluding hydrogens is 1230 g/mol. The van der Waals surface area contributed by atoms with Crippen molar-refractivity contribution < 1.29 is 9.47 Å². The van der Waals surface area contributed by atoms with Gasteiger partial charge in [0, 0.05) is 98.7 Å². The molecule has 0 bridgehead atoms. The molecule has 5 N–H and O–H groups in total. The van der Waals surface area contributed by atoms with Crippen LogP contribution in [0.2, 0.25) is 0 Å². The summed E-state index contributed by atoms with van der Waals surface area (Å²) in [7, 11) is 8.91. The molecule has 5 rings (SSSR count). The van der Waals surface area contributed by atoms with Gasteiger partial charge >= 0.3 is 0 Å². The summed E-state index contributed by atoms with van der Waals surface area (Å²) in [6.07, 6.45) is 9.71. The van der Waals surface area contributed by atoms with Gasteiger partial charge in [0.05, 0.1) is 37.8 Å². The highest BCUT2D eigenvalue weighted by Gasteiger charge is 2.34. The van der Waals surface area contributed by atoms with E-state index in [4.69, 9.17) is 9.47 Å². The van der Waals surface area contributed by atoms with Crippen molar-refractivity contribution in [1.82, 2.24) is 9.80 Å². The van der Waals surface area contributed by atoms with Gasteiger partial charge in [-0.15, -0.1) is 0 Å². The molecule has 0 spiro atoms. The molecule has 0 aliphatic rings. The van der Waals surface area contributed by atoms with E-state index in [1.54, 1.807) is 26.0 Å². The molecule has 0 radical (unpaired) electrons. The summed E-state index contributed by atoms with van der Waals surface area (Å²) in [5.74, 6) is 0. The number of anilines is 8. The first-order chi connectivity index (χ1) is 44.9. The number of rotatable bonds is 37. The highest BCUT2D eigenvalue weighted by Crippen LogP contribution is 2.29. The largest absolute Gasteiger partial charge is 0.383 e. The Hall–Kier alpha value is -6.36. The molecule has 0 unspecified atom stereocenters. The molecule has 0 saturated heterocycles. The molecule has 22 heteroatoms. The van der Waals surface area contributed by atoms with Crippen LogP contribution in [0.4, 0.5) is 45.5 Å². The number of ether oxygens (including phenoxy) is 2. The lowest BCUT2D eigenvalue weighted by atomic mass is 9.82. The van der Waals surface area contributed by atoms with Crippen LogP contribution in [0.3, 0.4) is 0 Å². The Morgan fingerprint density at radius 2 is 0.639 bits per heavy atom. The van der Waals surface area contributed by atoms with Gasteiger partial charge in [-0.1, -0.05) is 132 Å². The molecule has 0 aromatic heterocycles. The third kappa shape index (κ3) is 29.2. The van der Waals surface area contributed by atoms with Crippen molar-refractivity contribution in [2.24, 2.45) is 16.2 Å². The van der Waals surface area contributed by atoms with Gasteiger partial charge in [-0.2, -0.15) is 0 Å². The Kier molecular flexibility index (Phi) is 37.7. The number of nitrogens with zero attached hydrogens (tertiary/aromatic N) is 5. The van der Waals surface area contributed by atoms with E-state index in [1.807, 2.05) is 72.4 Å². The van der Waals surface area contributed by atoms with Gasteiger partial charge < -0.3 is 60.6 Å². The van der Waals surface area contributed by atoms with Crippen LogP contribution in [0.25, 0.3) is 0 Å². The minimum absolute atomic E-state index is 0.294. The highest BCUT2D eigenvalue weighted by atomic mass is 16.5. The molecule has 0 aliphatic heterocycles. The molecule has 97 heavy (non-hydrogen) atoms. The first kappa shape index (κ1) is 88.7. The fourth-order valence-electron chi connectivity index (χ4n) is 11.0. The average molecular weight is 1360 g/mol. The van der Waals surface area contributed by atoms with Crippen LogP contribution >= 0.6 is 0 Å². The van der Waals surface area contributed by atoms with Gasteiger partial charge in [0.15, 0.2) is 0 Å². The Balaban J connectivity index is 0.000000612. The van der Waals surface area contributed by atoms with Crippen molar-refractivity contribution in [2.75, 3.05) is 181 Å². The Bertz CT molecular complexity index is 3490. The van der Waals surface area contributed by atoms with Crippen LogP contribution < -0.4 is 95.6 Å². The molecule has 0 atom stereocenters. The molecule has 5 aromatic carbocycles. The standard InChI is InChI=1S/C19H34N2O3.C18H32N2O3.2C13H22N2O2.C12H20N2O2/c1-7-9-21(10-8-2)12-14-24-13-11-20(6)16-15(19(3,4)5)17(22)18(16)23;1-7-9-20(8-2)11-13-23-12-10-19(6)15-14(18(3,4)5)16(21)17(15)22;1-13(2,3)7-6-8-14-9-10(15(4)5)12(17)11(9)16;1-5-14-9-10(12(17)11(9)16)15-8-6-7-13(2,3)4;1-12(2,3)6-5-7-14-9-8(13-4)10(15)11(9)16/h7-14H2,1-6H3;7-13H2,1-6H3;14H,6-8H2,1-5H3;14-15H,5-8H2,1-4H3;13-14H,5-7H2,1-4H3. The summed E-state index contributed by atoms with van der Waals surface area (Å²) in [5.41, 5.74) is 1.74. The third-order valence-electron chi connectivity index (χ3n) is 16.3. The van der Waals surface area contributed by atoms with E-state index < -0.39 is 21.7 Å². The summed E-state index contributed by atoms with van der Waals surface area (Å²) in [5, 5.41) is 14.8. The van der Waals surface area contributed by atoms with Crippen molar-refractivity contribution in [3.8, 4) is 0 Å². The zero-order chi connectivity index (χ0) is 74.6. The van der Waals surface area contributed by atoms with Gasteiger partial charge in [0.2, 0.25) is 21.7 Å². The fourth-order valence-corrected chi connectivity index (χ4v) is 11.0. The molecule has 0 saturated carbocycles. The van der Waals surface area contributed by atoms with Crippen LogP contribution in [0.5, 0.6) is 0 Å². The average Bonchev–Trinajstić information content (AvgIpc) is 0.761. The maximum absolute atomic E-state index is 11.9. The molecular formula is C75H130N10O12. The quantitative estimate of drug-likeness (QED) is 0.0183. The fraction of sp³-hybridized carbons (Fsp3) is 0.733. The van der Waals surface area contributed by atoms with E-state index in [-0.39, 0.29) is 43.4 Å². The summed E-state index contributed by atoms with van der Waals surface area (Å²) >= 11 is 0. The monoisotopic (exact) mass is 1360 g/mol. The van der Waals surface area contributed by atoms with E-state index in [9.17, 15) is 47.9 Å². The number of hydrogen-bond donors (Lipinski definition) is 5. The SMILES string of the molecule is CCCN(CC)CCOCCN(C)c1c(C(C)(C)C)c(=O)c1=O.CCCN(CCC)CCOCCN(C)c1c(C(C)(C)C)c(=O)c1=O.CCNc1c(NCCCC(C)(C)C)c(=O)c1=O.CN(C)c1c(NCCCC(C)(C)C)c(=O)c1=O.CNc1c(NCCCC(C)(C)C)c(=O)c1=O. The lowest BCUT2D eigenvalue weighted by molar-refractivity contribution is 0.108.